The molecular weight excluding hydrogens is 464 g/mol. The lowest BCUT2D eigenvalue weighted by molar-refractivity contribution is -0.440. The lowest BCUT2D eigenvalue weighted by Gasteiger charge is -2.49. The van der Waals surface area contributed by atoms with Crippen molar-refractivity contribution < 1.29 is 9.78 Å². The minimum absolute atomic E-state index is 0.228. The average molecular weight is 503 g/mol. The summed E-state index contributed by atoms with van der Waals surface area (Å²) in [5.74, 6) is 0.456. The van der Waals surface area contributed by atoms with Crippen molar-refractivity contribution in [2.45, 2.75) is 74.4 Å². The zero-order valence-electron chi connectivity index (χ0n) is 22.2. The molecule has 4 unspecified atom stereocenters. The number of hydrogen-bond acceptors (Lipinski definition) is 2. The molecule has 2 saturated carbocycles. The van der Waals surface area contributed by atoms with Crippen LogP contribution in [0.5, 0.6) is 0 Å². The first-order valence-corrected chi connectivity index (χ1v) is 14.4. The summed E-state index contributed by atoms with van der Waals surface area (Å²) in [5.41, 5.74) is 4.00. The molecule has 0 aromatic heterocycles. The third-order valence-electron chi connectivity index (χ3n) is 8.98. The lowest BCUT2D eigenvalue weighted by atomic mass is 9.68. The van der Waals surface area contributed by atoms with Crippen molar-refractivity contribution >= 4 is 0 Å². The Hall–Kier alpha value is -3.20. The number of hydrogen-bond donors (Lipinski definition) is 0. The molecular formula is C36H38O2. The SMILES string of the molecule is c1ccc(C2CCCCC2(OOC2(c3ccccc3)CCCCC2c2ccccc2)c2ccccc2)cc1. The summed E-state index contributed by atoms with van der Waals surface area (Å²) < 4.78 is 0. The second-order valence-electron chi connectivity index (χ2n) is 11.1. The first kappa shape index (κ1) is 25.1. The molecule has 0 aliphatic heterocycles. The van der Waals surface area contributed by atoms with Gasteiger partial charge >= 0.3 is 0 Å². The van der Waals surface area contributed by atoms with Crippen LogP contribution in [0.25, 0.3) is 0 Å². The maximum Gasteiger partial charge on any atom is 0.135 e. The van der Waals surface area contributed by atoms with E-state index in [4.69, 9.17) is 9.78 Å². The minimum atomic E-state index is -0.540. The second kappa shape index (κ2) is 11.3. The highest BCUT2D eigenvalue weighted by molar-refractivity contribution is 5.34. The van der Waals surface area contributed by atoms with E-state index in [1.807, 2.05) is 0 Å². The monoisotopic (exact) mass is 502 g/mol. The summed E-state index contributed by atoms with van der Waals surface area (Å²) in [5, 5.41) is 0. The highest BCUT2D eigenvalue weighted by Gasteiger charge is 2.51. The molecule has 0 bridgehead atoms. The molecule has 194 valence electrons. The predicted molar refractivity (Wildman–Crippen MR) is 154 cm³/mol. The zero-order valence-corrected chi connectivity index (χ0v) is 22.2. The van der Waals surface area contributed by atoms with Gasteiger partial charge in [0.2, 0.25) is 0 Å². The largest absolute Gasteiger partial charge is 0.224 e. The van der Waals surface area contributed by atoms with E-state index in [0.29, 0.717) is 0 Å². The van der Waals surface area contributed by atoms with Gasteiger partial charge in [-0.25, -0.2) is 9.78 Å². The zero-order chi connectivity index (χ0) is 25.7. The first-order chi connectivity index (χ1) is 18.8. The van der Waals surface area contributed by atoms with Crippen LogP contribution >= 0.6 is 0 Å². The van der Waals surface area contributed by atoms with Gasteiger partial charge in [-0.1, -0.05) is 147 Å². The molecule has 4 atom stereocenters. The molecule has 38 heavy (non-hydrogen) atoms. The Morgan fingerprint density at radius 2 is 0.763 bits per heavy atom. The van der Waals surface area contributed by atoms with E-state index < -0.39 is 11.2 Å². The molecule has 6 rings (SSSR count). The molecule has 0 spiro atoms. The van der Waals surface area contributed by atoms with Gasteiger partial charge in [-0.3, -0.25) is 0 Å². The van der Waals surface area contributed by atoms with Gasteiger partial charge in [0.05, 0.1) is 0 Å². The number of benzene rings is 4. The summed E-state index contributed by atoms with van der Waals surface area (Å²) >= 11 is 0. The van der Waals surface area contributed by atoms with Crippen LogP contribution in [0.2, 0.25) is 0 Å². The molecule has 2 aliphatic carbocycles. The third kappa shape index (κ3) is 4.72. The molecule has 0 radical (unpaired) electrons. The number of rotatable bonds is 7. The lowest BCUT2D eigenvalue weighted by Crippen LogP contribution is -2.45. The Labute approximate surface area is 227 Å². The fourth-order valence-corrected chi connectivity index (χ4v) is 7.11. The van der Waals surface area contributed by atoms with Gasteiger partial charge < -0.3 is 0 Å². The van der Waals surface area contributed by atoms with Gasteiger partial charge in [-0.15, -0.1) is 0 Å². The summed E-state index contributed by atoms with van der Waals surface area (Å²) in [6, 6.07) is 43.5. The van der Waals surface area contributed by atoms with E-state index in [0.717, 1.165) is 38.5 Å². The van der Waals surface area contributed by atoms with Gasteiger partial charge in [0.15, 0.2) is 0 Å². The molecule has 2 aliphatic rings. The highest BCUT2D eigenvalue weighted by atomic mass is 17.2. The summed E-state index contributed by atoms with van der Waals surface area (Å²) in [4.78, 5) is 14.1. The van der Waals surface area contributed by atoms with E-state index in [9.17, 15) is 0 Å². The van der Waals surface area contributed by atoms with Crippen molar-refractivity contribution in [2.75, 3.05) is 0 Å². The van der Waals surface area contributed by atoms with Gasteiger partial charge in [0.1, 0.15) is 11.2 Å². The third-order valence-corrected chi connectivity index (χ3v) is 8.98. The molecule has 2 nitrogen and oxygen atoms in total. The van der Waals surface area contributed by atoms with Crippen LogP contribution in [0.1, 0.15) is 85.5 Å². The van der Waals surface area contributed by atoms with Crippen molar-refractivity contribution in [3.63, 3.8) is 0 Å². The fraction of sp³-hybridized carbons (Fsp3) is 0.333. The topological polar surface area (TPSA) is 18.5 Å². The van der Waals surface area contributed by atoms with Gasteiger partial charge in [-0.2, -0.15) is 0 Å². The van der Waals surface area contributed by atoms with Crippen molar-refractivity contribution in [2.24, 2.45) is 0 Å². The van der Waals surface area contributed by atoms with E-state index in [-0.39, 0.29) is 11.8 Å². The Morgan fingerprint density at radius 3 is 1.13 bits per heavy atom. The van der Waals surface area contributed by atoms with Crippen LogP contribution in [-0.4, -0.2) is 0 Å². The average Bonchev–Trinajstić information content (AvgIpc) is 3.02. The Balaban J connectivity index is 1.45. The molecule has 0 N–H and O–H groups in total. The Kier molecular flexibility index (Phi) is 7.44. The quantitative estimate of drug-likeness (QED) is 0.185. The second-order valence-corrected chi connectivity index (χ2v) is 11.1. The highest BCUT2D eigenvalue weighted by Crippen LogP contribution is 2.55. The van der Waals surface area contributed by atoms with Crippen LogP contribution in [0.3, 0.4) is 0 Å². The summed E-state index contributed by atoms with van der Waals surface area (Å²) in [6.07, 6.45) is 8.71. The molecule has 0 heterocycles. The van der Waals surface area contributed by atoms with Crippen molar-refractivity contribution in [3.8, 4) is 0 Å². The molecule has 2 heteroatoms. The normalized spacial score (nSPS) is 27.6. The van der Waals surface area contributed by atoms with E-state index in [1.54, 1.807) is 0 Å². The van der Waals surface area contributed by atoms with Crippen LogP contribution in [0.15, 0.2) is 121 Å². The van der Waals surface area contributed by atoms with Crippen LogP contribution in [0.4, 0.5) is 0 Å². The summed E-state index contributed by atoms with van der Waals surface area (Å²) in [6.45, 7) is 0. The van der Waals surface area contributed by atoms with Crippen LogP contribution in [-0.2, 0) is 21.0 Å². The molecule has 4 aromatic carbocycles. The first-order valence-electron chi connectivity index (χ1n) is 14.4. The smallest absolute Gasteiger partial charge is 0.135 e. The Bertz CT molecular complexity index is 1170. The van der Waals surface area contributed by atoms with Crippen molar-refractivity contribution in [1.82, 2.24) is 0 Å². The summed E-state index contributed by atoms with van der Waals surface area (Å²) in [7, 11) is 0. The van der Waals surface area contributed by atoms with Crippen molar-refractivity contribution in [3.05, 3.63) is 144 Å². The van der Waals surface area contributed by atoms with Crippen LogP contribution < -0.4 is 0 Å². The van der Waals surface area contributed by atoms with E-state index in [2.05, 4.69) is 121 Å². The molecule has 0 saturated heterocycles. The van der Waals surface area contributed by atoms with E-state index >= 15 is 0 Å². The molecule has 4 aromatic rings. The maximum atomic E-state index is 7.07. The maximum absolute atomic E-state index is 7.07. The Morgan fingerprint density at radius 1 is 0.421 bits per heavy atom. The minimum Gasteiger partial charge on any atom is -0.224 e. The molecule has 2 fully saturated rings. The standard InChI is InChI=1S/C36H38O2/c1-5-17-29(18-6-1)33-25-13-15-27-35(33,31-21-9-3-10-22-31)37-38-36(32-23-11-4-12-24-32)28-16-14-26-34(36)30-19-7-2-8-20-30/h1-12,17-24,33-34H,13-16,25-28H2. The predicted octanol–water partition coefficient (Wildman–Crippen LogP) is 9.44. The van der Waals surface area contributed by atoms with Crippen LogP contribution in [0, 0.1) is 0 Å². The van der Waals surface area contributed by atoms with E-state index in [1.165, 1.54) is 35.1 Å². The fourth-order valence-electron chi connectivity index (χ4n) is 7.11. The molecule has 0 amide bonds. The van der Waals surface area contributed by atoms with Crippen molar-refractivity contribution in [1.29, 1.82) is 0 Å². The van der Waals surface area contributed by atoms with Gasteiger partial charge in [0, 0.05) is 11.8 Å². The van der Waals surface area contributed by atoms with Gasteiger partial charge in [-0.05, 0) is 47.9 Å². The van der Waals surface area contributed by atoms with Gasteiger partial charge in [0.25, 0.3) is 0 Å².